The number of hydrogen-bond acceptors (Lipinski definition) is 3. The normalized spacial score (nSPS) is 13.5. The van der Waals surface area contributed by atoms with Crippen molar-refractivity contribution in [3.05, 3.63) is 30.2 Å². The standard InChI is InChI=1S/C8H9N3O/c1-6(12)7-2-3-8-9-5-10-11(8)4-7/h2-6,12H,1H3. The number of fused-ring (bicyclic) bond motifs is 1. The molecule has 0 spiro atoms. The van der Waals surface area contributed by atoms with Gasteiger partial charge in [-0.3, -0.25) is 0 Å². The molecule has 0 aliphatic carbocycles. The summed E-state index contributed by atoms with van der Waals surface area (Å²) >= 11 is 0. The molecule has 1 unspecified atom stereocenters. The smallest absolute Gasteiger partial charge is 0.155 e. The molecule has 0 radical (unpaired) electrons. The molecule has 12 heavy (non-hydrogen) atoms. The second kappa shape index (κ2) is 2.57. The van der Waals surface area contributed by atoms with E-state index in [2.05, 4.69) is 10.1 Å². The van der Waals surface area contributed by atoms with Crippen LogP contribution in [0.4, 0.5) is 0 Å². The second-order valence-electron chi connectivity index (χ2n) is 2.70. The van der Waals surface area contributed by atoms with Gasteiger partial charge in [0, 0.05) is 6.20 Å². The molecule has 0 saturated carbocycles. The van der Waals surface area contributed by atoms with Gasteiger partial charge in [-0.2, -0.15) is 5.10 Å². The molecule has 4 heteroatoms. The Morgan fingerprint density at radius 3 is 3.08 bits per heavy atom. The largest absolute Gasteiger partial charge is 0.389 e. The van der Waals surface area contributed by atoms with E-state index in [1.807, 2.05) is 12.1 Å². The third-order valence-electron chi connectivity index (χ3n) is 1.78. The van der Waals surface area contributed by atoms with Crippen LogP contribution in [0.15, 0.2) is 24.7 Å². The van der Waals surface area contributed by atoms with Gasteiger partial charge in [-0.05, 0) is 18.6 Å². The van der Waals surface area contributed by atoms with Gasteiger partial charge >= 0.3 is 0 Å². The van der Waals surface area contributed by atoms with E-state index in [4.69, 9.17) is 0 Å². The Bertz CT molecular complexity index is 394. The Hall–Kier alpha value is -1.42. The van der Waals surface area contributed by atoms with Gasteiger partial charge in [0.25, 0.3) is 0 Å². The van der Waals surface area contributed by atoms with Crippen molar-refractivity contribution in [1.29, 1.82) is 0 Å². The number of aliphatic hydroxyl groups excluding tert-OH is 1. The van der Waals surface area contributed by atoms with Crippen molar-refractivity contribution in [2.45, 2.75) is 13.0 Å². The van der Waals surface area contributed by atoms with Gasteiger partial charge in [0.05, 0.1) is 6.10 Å². The summed E-state index contributed by atoms with van der Waals surface area (Å²) in [4.78, 5) is 3.99. The van der Waals surface area contributed by atoms with Crippen LogP contribution in [0.1, 0.15) is 18.6 Å². The maximum absolute atomic E-state index is 9.26. The van der Waals surface area contributed by atoms with Crippen LogP contribution in [0.2, 0.25) is 0 Å². The van der Waals surface area contributed by atoms with Crippen molar-refractivity contribution in [1.82, 2.24) is 14.6 Å². The molecular formula is C8H9N3O. The van der Waals surface area contributed by atoms with Crippen LogP contribution < -0.4 is 0 Å². The highest BCUT2D eigenvalue weighted by atomic mass is 16.3. The Kier molecular flexibility index (Phi) is 1.55. The van der Waals surface area contributed by atoms with Crippen molar-refractivity contribution in [3.8, 4) is 0 Å². The summed E-state index contributed by atoms with van der Waals surface area (Å²) in [5, 5.41) is 13.2. The molecule has 0 fully saturated rings. The van der Waals surface area contributed by atoms with Crippen LogP contribution in [-0.4, -0.2) is 19.7 Å². The second-order valence-corrected chi connectivity index (χ2v) is 2.70. The Labute approximate surface area is 69.5 Å². The highest BCUT2D eigenvalue weighted by Gasteiger charge is 2.01. The molecule has 0 bridgehead atoms. The highest BCUT2D eigenvalue weighted by Crippen LogP contribution is 2.11. The fraction of sp³-hybridized carbons (Fsp3) is 0.250. The van der Waals surface area contributed by atoms with E-state index in [0.717, 1.165) is 11.2 Å². The van der Waals surface area contributed by atoms with Gasteiger partial charge in [0.2, 0.25) is 0 Å². The molecule has 62 valence electrons. The quantitative estimate of drug-likeness (QED) is 0.676. The maximum atomic E-state index is 9.26. The lowest BCUT2D eigenvalue weighted by molar-refractivity contribution is 0.198. The third-order valence-corrected chi connectivity index (χ3v) is 1.78. The molecule has 0 aliphatic heterocycles. The van der Waals surface area contributed by atoms with E-state index in [1.54, 1.807) is 17.6 Å². The van der Waals surface area contributed by atoms with Gasteiger partial charge in [0.15, 0.2) is 5.65 Å². The SMILES string of the molecule is CC(O)c1ccc2ncnn2c1. The minimum absolute atomic E-state index is 0.460. The zero-order chi connectivity index (χ0) is 8.55. The number of nitrogens with zero attached hydrogens (tertiary/aromatic N) is 3. The van der Waals surface area contributed by atoms with Crippen LogP contribution in [0.25, 0.3) is 5.65 Å². The van der Waals surface area contributed by atoms with Crippen LogP contribution in [0.3, 0.4) is 0 Å². The Morgan fingerprint density at radius 2 is 2.33 bits per heavy atom. The van der Waals surface area contributed by atoms with Gasteiger partial charge in [-0.25, -0.2) is 9.50 Å². The molecule has 0 aliphatic rings. The van der Waals surface area contributed by atoms with E-state index < -0.39 is 6.10 Å². The third kappa shape index (κ3) is 1.06. The van der Waals surface area contributed by atoms with E-state index >= 15 is 0 Å². The predicted octanol–water partition coefficient (Wildman–Crippen LogP) is 0.783. The van der Waals surface area contributed by atoms with Crippen LogP contribution in [-0.2, 0) is 0 Å². The first-order valence-electron chi connectivity index (χ1n) is 3.75. The molecule has 2 aromatic heterocycles. The maximum Gasteiger partial charge on any atom is 0.155 e. The molecule has 2 rings (SSSR count). The fourth-order valence-corrected chi connectivity index (χ4v) is 1.08. The van der Waals surface area contributed by atoms with E-state index in [9.17, 15) is 5.11 Å². The molecule has 2 heterocycles. The minimum Gasteiger partial charge on any atom is -0.389 e. The zero-order valence-corrected chi connectivity index (χ0v) is 6.68. The first-order chi connectivity index (χ1) is 5.77. The van der Waals surface area contributed by atoms with Crippen molar-refractivity contribution in [2.24, 2.45) is 0 Å². The first kappa shape index (κ1) is 7.24. The zero-order valence-electron chi connectivity index (χ0n) is 6.68. The van der Waals surface area contributed by atoms with E-state index in [-0.39, 0.29) is 0 Å². The molecule has 1 N–H and O–H groups in total. The van der Waals surface area contributed by atoms with E-state index in [0.29, 0.717) is 0 Å². The van der Waals surface area contributed by atoms with Gasteiger partial charge in [0.1, 0.15) is 6.33 Å². The van der Waals surface area contributed by atoms with E-state index in [1.165, 1.54) is 6.33 Å². The molecule has 0 amide bonds. The number of pyridine rings is 1. The lowest BCUT2D eigenvalue weighted by atomic mass is 10.2. The van der Waals surface area contributed by atoms with Crippen LogP contribution in [0, 0.1) is 0 Å². The van der Waals surface area contributed by atoms with Crippen molar-refractivity contribution in [3.63, 3.8) is 0 Å². The number of aromatic nitrogens is 3. The first-order valence-corrected chi connectivity index (χ1v) is 3.75. The summed E-state index contributed by atoms with van der Waals surface area (Å²) in [6.07, 6.45) is 2.80. The average Bonchev–Trinajstić information content (AvgIpc) is 2.49. The summed E-state index contributed by atoms with van der Waals surface area (Å²) in [6.45, 7) is 1.72. The molecule has 0 aromatic carbocycles. The Balaban J connectivity index is 2.60. The van der Waals surface area contributed by atoms with Crippen molar-refractivity contribution >= 4 is 5.65 Å². The summed E-state index contributed by atoms with van der Waals surface area (Å²) in [5.41, 5.74) is 1.63. The number of aliphatic hydroxyl groups is 1. The summed E-state index contributed by atoms with van der Waals surface area (Å²) in [6, 6.07) is 3.67. The average molecular weight is 163 g/mol. The topological polar surface area (TPSA) is 50.4 Å². The summed E-state index contributed by atoms with van der Waals surface area (Å²) in [7, 11) is 0. The minimum atomic E-state index is -0.460. The highest BCUT2D eigenvalue weighted by molar-refractivity contribution is 5.37. The lowest BCUT2D eigenvalue weighted by Crippen LogP contribution is -1.95. The molecular weight excluding hydrogens is 154 g/mol. The lowest BCUT2D eigenvalue weighted by Gasteiger charge is -2.03. The van der Waals surface area contributed by atoms with Crippen LogP contribution >= 0.6 is 0 Å². The molecule has 0 saturated heterocycles. The predicted molar refractivity (Wildman–Crippen MR) is 43.6 cm³/mol. The fourth-order valence-electron chi connectivity index (χ4n) is 1.08. The van der Waals surface area contributed by atoms with Crippen molar-refractivity contribution < 1.29 is 5.11 Å². The number of hydrogen-bond donors (Lipinski definition) is 1. The molecule has 4 nitrogen and oxygen atoms in total. The molecule has 1 atom stereocenters. The van der Waals surface area contributed by atoms with Crippen molar-refractivity contribution in [2.75, 3.05) is 0 Å². The summed E-state index contributed by atoms with van der Waals surface area (Å²) in [5.74, 6) is 0. The molecule has 2 aromatic rings. The number of rotatable bonds is 1. The Morgan fingerprint density at radius 1 is 1.50 bits per heavy atom. The summed E-state index contributed by atoms with van der Waals surface area (Å²) < 4.78 is 1.64. The van der Waals surface area contributed by atoms with Gasteiger partial charge in [-0.15, -0.1) is 0 Å². The monoisotopic (exact) mass is 163 g/mol. The van der Waals surface area contributed by atoms with Gasteiger partial charge < -0.3 is 5.11 Å². The van der Waals surface area contributed by atoms with Gasteiger partial charge in [-0.1, -0.05) is 6.07 Å². The van der Waals surface area contributed by atoms with Crippen LogP contribution in [0.5, 0.6) is 0 Å².